The first kappa shape index (κ1) is 12.8. The molecule has 3 nitrogen and oxygen atoms in total. The third-order valence-corrected chi connectivity index (χ3v) is 3.13. The molecule has 0 aliphatic heterocycles. The normalized spacial score (nSPS) is 11.6. The summed E-state index contributed by atoms with van der Waals surface area (Å²) < 4.78 is 36.8. The average Bonchev–Trinajstić information content (AvgIpc) is 2.72. The molecule has 0 unspecified atom stereocenters. The van der Waals surface area contributed by atoms with Gasteiger partial charge in [0.15, 0.2) is 0 Å². The maximum absolute atomic E-state index is 12.3. The molecule has 0 radical (unpaired) electrons. The van der Waals surface area contributed by atoms with E-state index >= 15 is 0 Å². The summed E-state index contributed by atoms with van der Waals surface area (Å²) in [5.41, 5.74) is 0.580. The van der Waals surface area contributed by atoms with Gasteiger partial charge < -0.3 is 5.32 Å². The third kappa shape index (κ3) is 3.19. The van der Waals surface area contributed by atoms with E-state index in [2.05, 4.69) is 15.3 Å². The molecule has 2 rings (SSSR count). The highest BCUT2D eigenvalue weighted by atomic mass is 32.1. The topological polar surface area (TPSA) is 37.8 Å². The van der Waals surface area contributed by atoms with E-state index < -0.39 is 11.9 Å². The minimum Gasteiger partial charge on any atom is -0.377 e. The van der Waals surface area contributed by atoms with Gasteiger partial charge in [0, 0.05) is 11.1 Å². The smallest absolute Gasteiger partial charge is 0.377 e. The molecule has 0 aliphatic carbocycles. The Labute approximate surface area is 106 Å². The van der Waals surface area contributed by atoms with Crippen LogP contribution in [-0.2, 0) is 12.7 Å². The lowest BCUT2D eigenvalue weighted by Gasteiger charge is -2.07. The third-order valence-electron chi connectivity index (χ3n) is 2.16. The van der Waals surface area contributed by atoms with Crippen molar-refractivity contribution in [2.45, 2.75) is 19.6 Å². The monoisotopic (exact) mass is 273 g/mol. The first-order chi connectivity index (χ1) is 8.45. The Morgan fingerprint density at radius 3 is 2.61 bits per heavy atom. The van der Waals surface area contributed by atoms with Crippen molar-refractivity contribution in [2.75, 3.05) is 5.32 Å². The van der Waals surface area contributed by atoms with Crippen LogP contribution in [0.15, 0.2) is 23.7 Å². The van der Waals surface area contributed by atoms with Gasteiger partial charge in [0.2, 0.25) is 0 Å². The quantitative estimate of drug-likeness (QED) is 0.930. The van der Waals surface area contributed by atoms with Crippen molar-refractivity contribution < 1.29 is 13.2 Å². The molecule has 2 aromatic rings. The zero-order chi connectivity index (χ0) is 13.2. The van der Waals surface area contributed by atoms with Crippen molar-refractivity contribution in [1.29, 1.82) is 0 Å². The number of hydrogen-bond donors (Lipinski definition) is 1. The van der Waals surface area contributed by atoms with Crippen LogP contribution < -0.4 is 5.32 Å². The summed E-state index contributed by atoms with van der Waals surface area (Å²) in [5.74, 6) is 0. The van der Waals surface area contributed by atoms with Gasteiger partial charge in [-0.05, 0) is 19.1 Å². The lowest BCUT2D eigenvalue weighted by Crippen LogP contribution is -2.08. The number of anilines is 1. The molecule has 0 aromatic carbocycles. The van der Waals surface area contributed by atoms with Crippen LogP contribution in [0.1, 0.15) is 16.4 Å². The zero-order valence-corrected chi connectivity index (χ0v) is 10.3. The first-order valence-electron chi connectivity index (χ1n) is 5.13. The Morgan fingerprint density at radius 2 is 2.11 bits per heavy atom. The lowest BCUT2D eigenvalue weighted by atomic mass is 10.3. The standard InChI is InChI=1S/C11H10F3N3S/c1-7-6-18-10(17-7)5-15-8-2-3-9(16-4-8)11(12,13)14/h2-4,6,15H,5H2,1H3. The minimum atomic E-state index is -4.40. The van der Waals surface area contributed by atoms with Gasteiger partial charge in [0.25, 0.3) is 0 Å². The van der Waals surface area contributed by atoms with Gasteiger partial charge in [-0.2, -0.15) is 13.2 Å². The second-order valence-corrected chi connectivity index (χ2v) is 4.61. The van der Waals surface area contributed by atoms with Crippen LogP contribution in [0.4, 0.5) is 18.9 Å². The van der Waals surface area contributed by atoms with Gasteiger partial charge in [-0.25, -0.2) is 9.97 Å². The Kier molecular flexibility index (Phi) is 3.51. The molecule has 0 fully saturated rings. The van der Waals surface area contributed by atoms with E-state index in [-0.39, 0.29) is 0 Å². The first-order valence-corrected chi connectivity index (χ1v) is 6.01. The van der Waals surface area contributed by atoms with E-state index in [0.717, 1.165) is 16.8 Å². The van der Waals surface area contributed by atoms with Crippen LogP contribution in [-0.4, -0.2) is 9.97 Å². The fraction of sp³-hybridized carbons (Fsp3) is 0.273. The Bertz CT molecular complexity index is 519. The molecule has 7 heteroatoms. The Hall–Kier alpha value is -1.63. The molecule has 1 N–H and O–H groups in total. The van der Waals surface area contributed by atoms with Crippen LogP contribution >= 0.6 is 11.3 Å². The number of rotatable bonds is 3. The van der Waals surface area contributed by atoms with Gasteiger partial charge in [0.1, 0.15) is 10.7 Å². The molecule has 2 aromatic heterocycles. The molecule has 0 amide bonds. The summed E-state index contributed by atoms with van der Waals surface area (Å²) >= 11 is 1.50. The summed E-state index contributed by atoms with van der Waals surface area (Å²) in [6.45, 7) is 2.37. The number of halogens is 3. The van der Waals surface area contributed by atoms with E-state index in [1.165, 1.54) is 23.6 Å². The number of aryl methyl sites for hydroxylation is 1. The largest absolute Gasteiger partial charge is 0.433 e. The van der Waals surface area contributed by atoms with Crippen molar-refractivity contribution >= 4 is 17.0 Å². The molecule has 0 aliphatic rings. The SMILES string of the molecule is Cc1csc(CNc2ccc(C(F)(F)F)nc2)n1. The number of nitrogens with zero attached hydrogens (tertiary/aromatic N) is 2. The van der Waals surface area contributed by atoms with Crippen molar-refractivity contribution in [3.63, 3.8) is 0 Å². The van der Waals surface area contributed by atoms with Gasteiger partial charge >= 0.3 is 6.18 Å². The molecule has 18 heavy (non-hydrogen) atoms. The van der Waals surface area contributed by atoms with E-state index in [4.69, 9.17) is 0 Å². The molecule has 2 heterocycles. The fourth-order valence-corrected chi connectivity index (χ4v) is 2.04. The van der Waals surface area contributed by atoms with Gasteiger partial charge in [-0.3, -0.25) is 0 Å². The van der Waals surface area contributed by atoms with Crippen molar-refractivity contribution in [1.82, 2.24) is 9.97 Å². The van der Waals surface area contributed by atoms with Gasteiger partial charge in [-0.15, -0.1) is 11.3 Å². The molecule has 0 spiro atoms. The highest BCUT2D eigenvalue weighted by Gasteiger charge is 2.31. The van der Waals surface area contributed by atoms with E-state index in [9.17, 15) is 13.2 Å². The molecule has 0 atom stereocenters. The van der Waals surface area contributed by atoms with Crippen LogP contribution in [0, 0.1) is 6.92 Å². The van der Waals surface area contributed by atoms with Crippen LogP contribution in [0.2, 0.25) is 0 Å². The fourth-order valence-electron chi connectivity index (χ4n) is 1.33. The molecular formula is C11H10F3N3S. The summed E-state index contributed by atoms with van der Waals surface area (Å²) in [7, 11) is 0. The maximum Gasteiger partial charge on any atom is 0.433 e. The number of alkyl halides is 3. The second-order valence-electron chi connectivity index (χ2n) is 3.67. The average molecular weight is 273 g/mol. The molecule has 0 bridgehead atoms. The predicted octanol–water partition coefficient (Wildman–Crippen LogP) is 3.48. The molecule has 0 saturated carbocycles. The number of pyridine rings is 1. The summed E-state index contributed by atoms with van der Waals surface area (Å²) in [4.78, 5) is 7.60. The number of nitrogens with one attached hydrogen (secondary N) is 1. The summed E-state index contributed by atoms with van der Waals surface area (Å²) in [6, 6.07) is 2.31. The van der Waals surface area contributed by atoms with Gasteiger partial charge in [-0.1, -0.05) is 0 Å². The minimum absolute atomic E-state index is 0.478. The van der Waals surface area contributed by atoms with Crippen LogP contribution in [0.25, 0.3) is 0 Å². The van der Waals surface area contributed by atoms with E-state index in [0.29, 0.717) is 12.2 Å². The predicted molar refractivity (Wildman–Crippen MR) is 63.4 cm³/mol. The Balaban J connectivity index is 1.98. The molecule has 96 valence electrons. The molecular weight excluding hydrogens is 263 g/mol. The number of aromatic nitrogens is 2. The van der Waals surface area contributed by atoms with E-state index in [1.54, 1.807) is 0 Å². The lowest BCUT2D eigenvalue weighted by molar-refractivity contribution is -0.141. The van der Waals surface area contributed by atoms with Crippen molar-refractivity contribution in [2.24, 2.45) is 0 Å². The van der Waals surface area contributed by atoms with Crippen molar-refractivity contribution in [3.8, 4) is 0 Å². The zero-order valence-electron chi connectivity index (χ0n) is 9.45. The highest BCUT2D eigenvalue weighted by Crippen LogP contribution is 2.27. The summed E-state index contributed by atoms with van der Waals surface area (Å²) in [6.07, 6.45) is -3.23. The maximum atomic E-state index is 12.3. The van der Waals surface area contributed by atoms with Crippen LogP contribution in [0.3, 0.4) is 0 Å². The highest BCUT2D eigenvalue weighted by molar-refractivity contribution is 7.09. The second kappa shape index (κ2) is 4.93. The van der Waals surface area contributed by atoms with Gasteiger partial charge in [0.05, 0.1) is 18.4 Å². The van der Waals surface area contributed by atoms with Crippen molar-refractivity contribution in [3.05, 3.63) is 40.1 Å². The van der Waals surface area contributed by atoms with E-state index in [1.807, 2.05) is 12.3 Å². The molecule has 0 saturated heterocycles. The van der Waals surface area contributed by atoms with Crippen LogP contribution in [0.5, 0.6) is 0 Å². The number of thiazole rings is 1. The summed E-state index contributed by atoms with van der Waals surface area (Å²) in [5, 5.41) is 5.77. The number of hydrogen-bond acceptors (Lipinski definition) is 4. The Morgan fingerprint density at radius 1 is 1.33 bits per heavy atom.